The molecule has 8 aromatic rings. The van der Waals surface area contributed by atoms with Crippen LogP contribution in [-0.2, 0) is 0 Å². The largest absolute Gasteiger partial charge is 0.393 e. The molecule has 2 aromatic carbocycles. The summed E-state index contributed by atoms with van der Waals surface area (Å²) in [6.07, 6.45) is 11.9. The topological polar surface area (TPSA) is 146 Å². The molecule has 0 atom stereocenters. The van der Waals surface area contributed by atoms with Gasteiger partial charge in [0.05, 0.1) is 50.0 Å². The van der Waals surface area contributed by atoms with E-state index < -0.39 is 0 Å². The van der Waals surface area contributed by atoms with Crippen molar-refractivity contribution in [3.05, 3.63) is 142 Å². The normalized spacial score (nSPS) is 16.1. The van der Waals surface area contributed by atoms with Crippen molar-refractivity contribution in [2.75, 3.05) is 65.7 Å². The second kappa shape index (κ2) is 26.3. The number of aromatic amines is 1. The number of likely N-dealkylation sites (tertiary alicyclic amines) is 3. The standard InChI is InChI=1S/C27H24FN5S.C14H16ClN3S.C8H5ClN2S.C6H13NO/c1-33-11-9-22(10-12-33)34-27-8-6-21-17-30-26(15-25(21)32-27)31-24-7-5-20(14-23(24)28)19-4-2-3-18(13-19)16-29;1-18-6-4-11(5-7-18)19-14-3-2-10-9-16-13(15)8-12(10)17-14;9-7-3-6-5(4-10-7)1-2-8(12)11-6;1-7-4-2-6(8)3-5-7/h2-8,13-15,17,22H,9-12H2,1H3,(H,30,31);2-3,8-9,11H,4-7H2,1H3;1-4H,(H,11,12);6,8H,2-5H2,1H3. The van der Waals surface area contributed by atoms with Crippen LogP contribution in [-0.4, -0.2) is 127 Å². The molecule has 3 aliphatic heterocycles. The highest BCUT2D eigenvalue weighted by molar-refractivity contribution is 8.00. The van der Waals surface area contributed by atoms with Gasteiger partial charge in [0.25, 0.3) is 0 Å². The van der Waals surface area contributed by atoms with Crippen molar-refractivity contribution in [2.24, 2.45) is 0 Å². The Labute approximate surface area is 449 Å². The van der Waals surface area contributed by atoms with Crippen LogP contribution in [0.2, 0.25) is 10.3 Å². The number of piperidine rings is 3. The molecule has 3 N–H and O–H groups in total. The van der Waals surface area contributed by atoms with Crippen molar-refractivity contribution in [3.63, 3.8) is 0 Å². The fraction of sp³-hybridized carbons (Fsp3) is 0.327. The Kier molecular flexibility index (Phi) is 19.4. The number of pyridine rings is 6. The fourth-order valence-corrected chi connectivity index (χ4v) is 11.1. The van der Waals surface area contributed by atoms with E-state index in [4.69, 9.17) is 50.8 Å². The predicted octanol–water partition coefficient (Wildman–Crippen LogP) is 12.7. The Morgan fingerprint density at radius 3 is 1.78 bits per heavy atom. The molecule has 0 saturated carbocycles. The molecule has 73 heavy (non-hydrogen) atoms. The lowest BCUT2D eigenvalue weighted by atomic mass is 10.0. The van der Waals surface area contributed by atoms with Crippen LogP contribution in [0.25, 0.3) is 43.8 Å². The number of nitrogens with zero attached hydrogens (tertiary/aromatic N) is 9. The summed E-state index contributed by atoms with van der Waals surface area (Å²) in [5, 5.41) is 28.5. The quantitative estimate of drug-likeness (QED) is 0.103. The van der Waals surface area contributed by atoms with E-state index in [2.05, 4.69) is 90.3 Å². The molecule has 11 rings (SSSR count). The number of aliphatic hydroxyl groups is 1. The monoisotopic (exact) mass is 1070 g/mol. The lowest BCUT2D eigenvalue weighted by molar-refractivity contribution is 0.0942. The van der Waals surface area contributed by atoms with E-state index in [9.17, 15) is 4.39 Å². The molecule has 9 heterocycles. The van der Waals surface area contributed by atoms with Crippen LogP contribution in [0, 0.1) is 21.8 Å². The summed E-state index contributed by atoms with van der Waals surface area (Å²) in [5.41, 5.74) is 5.07. The lowest BCUT2D eigenvalue weighted by Crippen LogP contribution is -2.32. The molecule has 18 heteroatoms. The van der Waals surface area contributed by atoms with Gasteiger partial charge < -0.3 is 30.1 Å². The minimum Gasteiger partial charge on any atom is -0.393 e. The van der Waals surface area contributed by atoms with Crippen LogP contribution in [0.15, 0.2) is 126 Å². The van der Waals surface area contributed by atoms with Crippen molar-refractivity contribution < 1.29 is 9.50 Å². The highest BCUT2D eigenvalue weighted by Gasteiger charge is 2.20. The number of aliphatic hydroxyl groups excluding tert-OH is 1. The summed E-state index contributed by atoms with van der Waals surface area (Å²) in [4.78, 5) is 32.0. The molecular formula is C55H58Cl2FN11OS3. The van der Waals surface area contributed by atoms with Gasteiger partial charge in [-0.25, -0.2) is 29.3 Å². The molecule has 378 valence electrons. The van der Waals surface area contributed by atoms with Crippen LogP contribution in [0.5, 0.6) is 0 Å². The first kappa shape index (κ1) is 54.0. The Hall–Kier alpha value is -5.32. The van der Waals surface area contributed by atoms with Crippen LogP contribution in [0.1, 0.15) is 44.1 Å². The minimum absolute atomic E-state index is 0.0220. The number of hydrogen-bond donors (Lipinski definition) is 3. The van der Waals surface area contributed by atoms with Gasteiger partial charge in [0.1, 0.15) is 26.6 Å². The van der Waals surface area contributed by atoms with E-state index >= 15 is 0 Å². The van der Waals surface area contributed by atoms with Crippen molar-refractivity contribution >= 4 is 103 Å². The summed E-state index contributed by atoms with van der Waals surface area (Å²) >= 11 is 20.3. The van der Waals surface area contributed by atoms with Crippen molar-refractivity contribution in [3.8, 4) is 17.2 Å². The Morgan fingerprint density at radius 1 is 0.658 bits per heavy atom. The van der Waals surface area contributed by atoms with Crippen LogP contribution in [0.3, 0.4) is 0 Å². The SMILES string of the molecule is CN1CCC(O)CC1.CN1CCC(Sc2ccc3cnc(Cl)cc3n2)CC1.CN1CCC(Sc2ccc3cnc(Nc4ccc(-c5cccc(C#N)c5)cc4F)cc3n2)CC1.S=c1ccc2cnc(Cl)cc2[nH]1. The van der Waals surface area contributed by atoms with E-state index in [1.54, 1.807) is 48.9 Å². The molecule has 3 saturated heterocycles. The zero-order chi connectivity index (χ0) is 51.3. The highest BCUT2D eigenvalue weighted by Crippen LogP contribution is 2.33. The first-order valence-electron chi connectivity index (χ1n) is 24.3. The summed E-state index contributed by atoms with van der Waals surface area (Å²) < 4.78 is 15.6. The number of H-pyrrole nitrogens is 1. The Bertz CT molecular complexity index is 3220. The third kappa shape index (κ3) is 16.1. The van der Waals surface area contributed by atoms with E-state index in [-0.39, 0.29) is 11.9 Å². The van der Waals surface area contributed by atoms with Crippen LogP contribution in [0.4, 0.5) is 15.9 Å². The molecule has 0 unspecified atom stereocenters. The average Bonchev–Trinajstić information content (AvgIpc) is 3.39. The van der Waals surface area contributed by atoms with Gasteiger partial charge in [-0.1, -0.05) is 53.6 Å². The van der Waals surface area contributed by atoms with Crippen molar-refractivity contribution in [1.29, 1.82) is 5.26 Å². The molecule has 3 fully saturated rings. The van der Waals surface area contributed by atoms with Gasteiger partial charge in [-0.3, -0.25) is 0 Å². The van der Waals surface area contributed by atoms with Gasteiger partial charge in [0, 0.05) is 70.5 Å². The molecule has 0 aliphatic carbocycles. The van der Waals surface area contributed by atoms with Gasteiger partial charge in [0.15, 0.2) is 0 Å². The van der Waals surface area contributed by atoms with Crippen LogP contribution >= 0.6 is 58.9 Å². The van der Waals surface area contributed by atoms with Gasteiger partial charge in [-0.2, -0.15) is 5.26 Å². The molecule has 0 radical (unpaired) electrons. The Morgan fingerprint density at radius 2 is 1.19 bits per heavy atom. The third-order valence-corrected chi connectivity index (χ3v) is 16.0. The summed E-state index contributed by atoms with van der Waals surface area (Å²) in [6.45, 7) is 6.72. The number of benzene rings is 2. The summed E-state index contributed by atoms with van der Waals surface area (Å²) in [6, 6.07) is 31.7. The number of halogens is 3. The smallest absolute Gasteiger partial charge is 0.147 e. The molecule has 3 aliphatic rings. The van der Waals surface area contributed by atoms with Crippen LogP contribution < -0.4 is 5.32 Å². The summed E-state index contributed by atoms with van der Waals surface area (Å²) in [5.74, 6) is 0.154. The molecular weight excluding hydrogens is 1020 g/mol. The first-order valence-corrected chi connectivity index (χ1v) is 27.2. The number of thioether (sulfide) groups is 2. The van der Waals surface area contributed by atoms with Gasteiger partial charge in [-0.15, -0.1) is 23.5 Å². The molecule has 0 bridgehead atoms. The average molecular weight is 1080 g/mol. The van der Waals surface area contributed by atoms with E-state index in [0.717, 1.165) is 87.3 Å². The second-order valence-corrected chi connectivity index (χ2v) is 22.3. The van der Waals surface area contributed by atoms with E-state index in [1.165, 1.54) is 44.8 Å². The fourth-order valence-electron chi connectivity index (χ4n) is 8.44. The predicted molar refractivity (Wildman–Crippen MR) is 301 cm³/mol. The van der Waals surface area contributed by atoms with E-state index in [0.29, 0.717) is 48.1 Å². The maximum Gasteiger partial charge on any atom is 0.147 e. The highest BCUT2D eigenvalue weighted by atomic mass is 35.5. The third-order valence-electron chi connectivity index (χ3n) is 12.8. The zero-order valence-electron chi connectivity index (χ0n) is 41.0. The van der Waals surface area contributed by atoms with Gasteiger partial charge >= 0.3 is 0 Å². The van der Waals surface area contributed by atoms with Gasteiger partial charge in [-0.05, 0) is 164 Å². The number of aromatic nitrogens is 6. The number of fused-ring (bicyclic) bond motifs is 3. The minimum atomic E-state index is -0.388. The Balaban J connectivity index is 0.000000151. The van der Waals surface area contributed by atoms with Crippen molar-refractivity contribution in [2.45, 2.75) is 65.2 Å². The number of hydrogen-bond acceptors (Lipinski definition) is 14. The van der Waals surface area contributed by atoms with Gasteiger partial charge in [0.2, 0.25) is 0 Å². The lowest BCUT2D eigenvalue weighted by Gasteiger charge is -2.28. The van der Waals surface area contributed by atoms with E-state index in [1.807, 2.05) is 66.0 Å². The maximum absolute atomic E-state index is 14.9. The molecule has 0 amide bonds. The number of anilines is 2. The number of nitrogens with one attached hydrogen (secondary N) is 2. The first-order chi connectivity index (χ1) is 35.3. The van der Waals surface area contributed by atoms with Crippen molar-refractivity contribution in [1.82, 2.24) is 44.6 Å². The number of nitriles is 1. The molecule has 6 aromatic heterocycles. The maximum atomic E-state index is 14.9. The summed E-state index contributed by atoms with van der Waals surface area (Å²) in [7, 11) is 6.44. The number of rotatable bonds is 7. The molecule has 12 nitrogen and oxygen atoms in total. The molecule has 0 spiro atoms. The second-order valence-electron chi connectivity index (χ2n) is 18.5. The zero-order valence-corrected chi connectivity index (χ0v) is 45.0.